The van der Waals surface area contributed by atoms with Gasteiger partial charge in [-0.3, -0.25) is 0 Å². The minimum atomic E-state index is -4.40. The number of nitrogens with zero attached hydrogens (tertiary/aromatic N) is 3. The molecule has 2 N–H and O–H groups in total. The van der Waals surface area contributed by atoms with Gasteiger partial charge in [0.1, 0.15) is 0 Å². The number of halogens is 3. The van der Waals surface area contributed by atoms with Crippen LogP contribution in [0.4, 0.5) is 23.7 Å². The van der Waals surface area contributed by atoms with E-state index in [1.54, 1.807) is 10.7 Å². The Morgan fingerprint density at radius 3 is 2.67 bits per heavy atom. The molecule has 2 amide bonds. The lowest BCUT2D eigenvalue weighted by molar-refractivity contribution is -0.137. The second-order valence-electron chi connectivity index (χ2n) is 6.11. The molecule has 0 radical (unpaired) electrons. The summed E-state index contributed by atoms with van der Waals surface area (Å²) < 4.78 is 39.2. The lowest BCUT2D eigenvalue weighted by atomic mass is 10.2. The Morgan fingerprint density at radius 1 is 1.22 bits per heavy atom. The maximum absolute atomic E-state index is 12.5. The summed E-state index contributed by atoms with van der Waals surface area (Å²) >= 11 is 0. The van der Waals surface area contributed by atoms with Gasteiger partial charge in [-0.05, 0) is 49.6 Å². The van der Waals surface area contributed by atoms with Gasteiger partial charge >= 0.3 is 12.2 Å². The van der Waals surface area contributed by atoms with Gasteiger partial charge in [-0.2, -0.15) is 18.3 Å². The molecule has 3 aromatic rings. The molecule has 9 heteroatoms. The van der Waals surface area contributed by atoms with E-state index in [1.165, 1.54) is 12.1 Å². The maximum Gasteiger partial charge on any atom is 0.416 e. The van der Waals surface area contributed by atoms with Crippen molar-refractivity contribution in [2.75, 3.05) is 11.9 Å². The van der Waals surface area contributed by atoms with Crippen LogP contribution in [0.5, 0.6) is 0 Å². The third-order valence-electron chi connectivity index (χ3n) is 3.89. The molecule has 0 saturated heterocycles. The normalized spacial score (nSPS) is 11.6. The minimum Gasteiger partial charge on any atom is -0.338 e. The molecule has 1 aromatic carbocycles. The summed E-state index contributed by atoms with van der Waals surface area (Å²) in [5.74, 6) is 0. The van der Waals surface area contributed by atoms with Crippen molar-refractivity contribution in [2.24, 2.45) is 0 Å². The lowest BCUT2D eigenvalue weighted by Crippen LogP contribution is -2.29. The number of hydrogen-bond acceptors (Lipinski definition) is 3. The first-order valence-corrected chi connectivity index (χ1v) is 8.34. The molecule has 0 fully saturated rings. The van der Waals surface area contributed by atoms with Gasteiger partial charge in [0.25, 0.3) is 0 Å². The fourth-order valence-corrected chi connectivity index (χ4v) is 2.58. The second kappa shape index (κ2) is 7.65. The van der Waals surface area contributed by atoms with Crippen molar-refractivity contribution in [1.29, 1.82) is 0 Å². The minimum absolute atomic E-state index is 0.296. The Bertz CT molecular complexity index is 934. The van der Waals surface area contributed by atoms with Gasteiger partial charge in [0.05, 0.1) is 11.3 Å². The van der Waals surface area contributed by atoms with Crippen LogP contribution in [0.2, 0.25) is 0 Å². The van der Waals surface area contributed by atoms with E-state index in [0.717, 1.165) is 29.0 Å². The van der Waals surface area contributed by atoms with E-state index in [0.29, 0.717) is 25.1 Å². The molecule has 2 heterocycles. The molecule has 0 unspecified atom stereocenters. The number of carbonyl (C=O) groups excluding carboxylic acids is 1. The Balaban J connectivity index is 1.43. The number of fused-ring (bicyclic) bond motifs is 1. The number of nitrogens with one attached hydrogen (secondary N) is 2. The van der Waals surface area contributed by atoms with Crippen LogP contribution in [0.3, 0.4) is 0 Å². The molecule has 0 atom stereocenters. The first-order chi connectivity index (χ1) is 12.8. The zero-order valence-electron chi connectivity index (χ0n) is 14.5. The number of alkyl halides is 3. The first kappa shape index (κ1) is 18.7. The third kappa shape index (κ3) is 4.96. The van der Waals surface area contributed by atoms with E-state index >= 15 is 0 Å². The van der Waals surface area contributed by atoms with Crippen LogP contribution in [-0.4, -0.2) is 27.2 Å². The predicted molar refractivity (Wildman–Crippen MR) is 94.5 cm³/mol. The predicted octanol–water partition coefficient (Wildman–Crippen LogP) is 3.81. The molecule has 0 aliphatic carbocycles. The maximum atomic E-state index is 12.5. The molecule has 6 nitrogen and oxygen atoms in total. The molecule has 0 spiro atoms. The highest BCUT2D eigenvalue weighted by molar-refractivity contribution is 5.89. The number of amides is 2. The third-order valence-corrected chi connectivity index (χ3v) is 3.89. The van der Waals surface area contributed by atoms with Gasteiger partial charge in [0.15, 0.2) is 5.65 Å². The number of anilines is 1. The molecule has 0 aliphatic heterocycles. The molecule has 0 aliphatic rings. The van der Waals surface area contributed by atoms with E-state index in [1.807, 2.05) is 19.2 Å². The second-order valence-corrected chi connectivity index (χ2v) is 6.11. The van der Waals surface area contributed by atoms with E-state index in [2.05, 4.69) is 20.7 Å². The van der Waals surface area contributed by atoms with Crippen LogP contribution >= 0.6 is 0 Å². The summed E-state index contributed by atoms with van der Waals surface area (Å²) in [6, 6.07) is 5.71. The van der Waals surface area contributed by atoms with Gasteiger partial charge in [-0.15, -0.1) is 0 Å². The topological polar surface area (TPSA) is 71.3 Å². The summed E-state index contributed by atoms with van der Waals surface area (Å²) in [6.45, 7) is 2.32. The van der Waals surface area contributed by atoms with E-state index in [-0.39, 0.29) is 0 Å². The average molecular weight is 377 g/mol. The van der Waals surface area contributed by atoms with Crippen LogP contribution in [0.15, 0.2) is 42.7 Å². The highest BCUT2D eigenvalue weighted by Crippen LogP contribution is 2.29. The van der Waals surface area contributed by atoms with Crippen molar-refractivity contribution in [3.05, 3.63) is 59.5 Å². The number of hydrogen-bond donors (Lipinski definition) is 2. The quantitative estimate of drug-likeness (QED) is 0.664. The fourth-order valence-electron chi connectivity index (χ4n) is 2.58. The highest BCUT2D eigenvalue weighted by atomic mass is 19.4. The largest absolute Gasteiger partial charge is 0.416 e. The molecule has 142 valence electrons. The van der Waals surface area contributed by atoms with Gasteiger partial charge in [-0.25, -0.2) is 14.3 Å². The Hall–Kier alpha value is -3.10. The van der Waals surface area contributed by atoms with E-state index < -0.39 is 17.8 Å². The number of urea groups is 1. The van der Waals surface area contributed by atoms with Crippen LogP contribution in [-0.2, 0) is 12.6 Å². The zero-order chi connectivity index (χ0) is 19.4. The molecule has 27 heavy (non-hydrogen) atoms. The van der Waals surface area contributed by atoms with E-state index in [4.69, 9.17) is 0 Å². The van der Waals surface area contributed by atoms with Gasteiger partial charge in [0, 0.05) is 30.7 Å². The molecular weight excluding hydrogens is 359 g/mol. The number of benzene rings is 1. The Kier molecular flexibility index (Phi) is 5.29. The summed E-state index contributed by atoms with van der Waals surface area (Å²) in [5.41, 5.74) is 2.21. The standard InChI is InChI=1S/C18H18F3N5O/c1-12-9-16-23-10-13(11-26(16)25-12)3-2-8-22-17(27)24-15-6-4-14(5-7-15)18(19,20)21/h4-7,9-11H,2-3,8H2,1H3,(H2,22,24,27). The summed E-state index contributed by atoms with van der Waals surface area (Å²) in [7, 11) is 0. The highest BCUT2D eigenvalue weighted by Gasteiger charge is 2.29. The molecule has 0 saturated carbocycles. The van der Waals surface area contributed by atoms with Crippen molar-refractivity contribution < 1.29 is 18.0 Å². The Morgan fingerprint density at radius 2 is 1.96 bits per heavy atom. The van der Waals surface area contributed by atoms with Crippen molar-refractivity contribution in [3.8, 4) is 0 Å². The lowest BCUT2D eigenvalue weighted by Gasteiger charge is -2.10. The first-order valence-electron chi connectivity index (χ1n) is 8.34. The fraction of sp³-hybridized carbons (Fsp3) is 0.278. The van der Waals surface area contributed by atoms with Crippen molar-refractivity contribution in [3.63, 3.8) is 0 Å². The van der Waals surface area contributed by atoms with Crippen LogP contribution in [0.25, 0.3) is 5.65 Å². The molecular formula is C18H18F3N5O. The average Bonchev–Trinajstić information content (AvgIpc) is 2.97. The monoisotopic (exact) mass is 377 g/mol. The molecule has 0 bridgehead atoms. The number of carbonyl (C=O) groups is 1. The molecule has 3 rings (SSSR count). The van der Waals surface area contributed by atoms with Gasteiger partial charge < -0.3 is 10.6 Å². The summed E-state index contributed by atoms with van der Waals surface area (Å²) in [4.78, 5) is 16.1. The van der Waals surface area contributed by atoms with Crippen LogP contribution < -0.4 is 10.6 Å². The summed E-state index contributed by atoms with van der Waals surface area (Å²) in [6.07, 6.45) is 0.681. The van der Waals surface area contributed by atoms with Crippen molar-refractivity contribution in [2.45, 2.75) is 25.9 Å². The SMILES string of the molecule is Cc1cc2ncc(CCCNC(=O)Nc3ccc(C(F)(F)F)cc3)cn2n1. The number of rotatable bonds is 5. The smallest absolute Gasteiger partial charge is 0.338 e. The van der Waals surface area contributed by atoms with Crippen molar-refractivity contribution >= 4 is 17.4 Å². The zero-order valence-corrected chi connectivity index (χ0v) is 14.5. The van der Waals surface area contributed by atoms with Crippen LogP contribution in [0.1, 0.15) is 23.2 Å². The summed E-state index contributed by atoms with van der Waals surface area (Å²) in [5, 5.41) is 9.48. The number of aryl methyl sites for hydroxylation is 2. The Labute approximate surface area is 153 Å². The van der Waals surface area contributed by atoms with Gasteiger partial charge in [-0.1, -0.05) is 0 Å². The van der Waals surface area contributed by atoms with Crippen molar-refractivity contribution in [1.82, 2.24) is 19.9 Å². The molecule has 2 aromatic heterocycles. The van der Waals surface area contributed by atoms with Gasteiger partial charge in [0.2, 0.25) is 0 Å². The number of aromatic nitrogens is 3. The van der Waals surface area contributed by atoms with E-state index in [9.17, 15) is 18.0 Å². The van der Waals surface area contributed by atoms with Crippen LogP contribution in [0, 0.1) is 6.92 Å².